The second kappa shape index (κ2) is 6.17. The third-order valence-electron chi connectivity index (χ3n) is 3.65. The Labute approximate surface area is 122 Å². The van der Waals surface area contributed by atoms with Gasteiger partial charge in [0.1, 0.15) is 0 Å². The summed E-state index contributed by atoms with van der Waals surface area (Å²) in [5.41, 5.74) is 1.01. The van der Waals surface area contributed by atoms with Crippen LogP contribution >= 0.6 is 11.3 Å². The number of aromatic nitrogens is 3. The first-order chi connectivity index (χ1) is 9.83. The van der Waals surface area contributed by atoms with E-state index in [-0.39, 0.29) is 11.8 Å². The summed E-state index contributed by atoms with van der Waals surface area (Å²) in [4.78, 5) is 16.4. The first-order valence-electron chi connectivity index (χ1n) is 7.05. The molecule has 0 aromatic carbocycles. The van der Waals surface area contributed by atoms with Crippen LogP contribution in [0.4, 0.5) is 0 Å². The Bertz CT molecular complexity index is 558. The number of hydrogen-bond acceptors (Lipinski definition) is 4. The molecule has 0 radical (unpaired) electrons. The molecule has 0 saturated heterocycles. The average Bonchev–Trinajstić information content (AvgIpc) is 3.20. The van der Waals surface area contributed by atoms with Crippen LogP contribution < -0.4 is 5.32 Å². The fraction of sp³-hybridized carbons (Fsp3) is 0.500. The lowest BCUT2D eigenvalue weighted by atomic mass is 10.1. The van der Waals surface area contributed by atoms with E-state index in [1.807, 2.05) is 17.6 Å². The molecule has 1 aliphatic carbocycles. The molecule has 0 atom stereocenters. The summed E-state index contributed by atoms with van der Waals surface area (Å²) in [5.74, 6) is 0.454. The molecule has 6 heteroatoms. The fourth-order valence-corrected chi connectivity index (χ4v) is 3.34. The first kappa shape index (κ1) is 13.3. The largest absolute Gasteiger partial charge is 0.355 e. The predicted molar refractivity (Wildman–Crippen MR) is 77.9 cm³/mol. The normalized spacial score (nSPS) is 15.6. The topological polar surface area (TPSA) is 59.8 Å². The number of carbonyl (C=O) groups excluding carboxylic acids is 1. The van der Waals surface area contributed by atoms with Crippen molar-refractivity contribution in [3.05, 3.63) is 29.5 Å². The molecule has 5 nitrogen and oxygen atoms in total. The van der Waals surface area contributed by atoms with Crippen molar-refractivity contribution < 1.29 is 4.79 Å². The first-order valence-corrected chi connectivity index (χ1v) is 7.93. The molecule has 106 valence electrons. The van der Waals surface area contributed by atoms with Crippen LogP contribution in [0.5, 0.6) is 0 Å². The van der Waals surface area contributed by atoms with Crippen LogP contribution in [0.25, 0.3) is 5.13 Å². The Balaban J connectivity index is 1.48. The highest BCUT2D eigenvalue weighted by Gasteiger charge is 2.21. The smallest absolute Gasteiger partial charge is 0.223 e. The summed E-state index contributed by atoms with van der Waals surface area (Å²) < 4.78 is 1.76. The van der Waals surface area contributed by atoms with Gasteiger partial charge in [-0.2, -0.15) is 5.10 Å². The molecule has 20 heavy (non-hydrogen) atoms. The Hall–Kier alpha value is -1.69. The molecule has 2 aromatic rings. The molecule has 0 unspecified atom stereocenters. The van der Waals surface area contributed by atoms with E-state index in [0.29, 0.717) is 6.54 Å². The van der Waals surface area contributed by atoms with E-state index in [1.165, 1.54) is 12.8 Å². The lowest BCUT2D eigenvalue weighted by Gasteiger charge is -2.09. The molecular weight excluding hydrogens is 272 g/mol. The molecular formula is C14H18N4OS. The molecule has 3 rings (SSSR count). The van der Waals surface area contributed by atoms with Crippen LogP contribution in [0, 0.1) is 5.92 Å². The van der Waals surface area contributed by atoms with Crippen LogP contribution in [-0.2, 0) is 11.2 Å². The maximum absolute atomic E-state index is 11.9. The molecule has 1 N–H and O–H groups in total. The molecule has 2 aromatic heterocycles. The van der Waals surface area contributed by atoms with Crippen molar-refractivity contribution in [2.75, 3.05) is 6.54 Å². The lowest BCUT2D eigenvalue weighted by Crippen LogP contribution is -2.30. The van der Waals surface area contributed by atoms with Crippen molar-refractivity contribution in [3.63, 3.8) is 0 Å². The van der Waals surface area contributed by atoms with Gasteiger partial charge < -0.3 is 5.32 Å². The number of hydrogen-bond donors (Lipinski definition) is 1. The van der Waals surface area contributed by atoms with E-state index >= 15 is 0 Å². The van der Waals surface area contributed by atoms with Gasteiger partial charge in [0.15, 0.2) is 0 Å². The van der Waals surface area contributed by atoms with Gasteiger partial charge in [-0.05, 0) is 18.9 Å². The molecule has 2 heterocycles. The van der Waals surface area contributed by atoms with Crippen LogP contribution in [0.2, 0.25) is 0 Å². The Morgan fingerprint density at radius 2 is 2.30 bits per heavy atom. The zero-order valence-corrected chi connectivity index (χ0v) is 12.1. The fourth-order valence-electron chi connectivity index (χ4n) is 2.54. The second-order valence-corrected chi connectivity index (χ2v) is 5.93. The minimum absolute atomic E-state index is 0.213. The van der Waals surface area contributed by atoms with E-state index < -0.39 is 0 Å². The highest BCUT2D eigenvalue weighted by Crippen LogP contribution is 2.24. The van der Waals surface area contributed by atoms with E-state index in [1.54, 1.807) is 22.2 Å². The van der Waals surface area contributed by atoms with Crippen molar-refractivity contribution in [2.24, 2.45) is 5.92 Å². The maximum atomic E-state index is 11.9. The molecule has 1 fully saturated rings. The summed E-state index contributed by atoms with van der Waals surface area (Å²) in [7, 11) is 0. The van der Waals surface area contributed by atoms with E-state index in [9.17, 15) is 4.79 Å². The molecule has 1 aliphatic rings. The van der Waals surface area contributed by atoms with Crippen LogP contribution in [-0.4, -0.2) is 27.2 Å². The van der Waals surface area contributed by atoms with E-state index in [4.69, 9.17) is 0 Å². The molecule has 0 aliphatic heterocycles. The van der Waals surface area contributed by atoms with E-state index in [0.717, 1.165) is 30.1 Å². The summed E-state index contributed by atoms with van der Waals surface area (Å²) >= 11 is 1.57. The minimum atomic E-state index is 0.213. The standard InChI is InChI=1S/C14H18N4OS/c19-13(11-4-1-2-5-11)15-8-6-12-10-20-14(17-12)18-9-3-7-16-18/h3,7,9-11H,1-2,4-6,8H2,(H,15,19). The third-order valence-corrected chi connectivity index (χ3v) is 4.53. The van der Waals surface area contributed by atoms with Gasteiger partial charge in [-0.15, -0.1) is 11.3 Å². The Kier molecular flexibility index (Phi) is 4.11. The number of nitrogens with one attached hydrogen (secondary N) is 1. The summed E-state index contributed by atoms with van der Waals surface area (Å²) in [6, 6.07) is 1.88. The van der Waals surface area contributed by atoms with Crippen molar-refractivity contribution in [2.45, 2.75) is 32.1 Å². The van der Waals surface area contributed by atoms with Crippen LogP contribution in [0.15, 0.2) is 23.8 Å². The van der Waals surface area contributed by atoms with Gasteiger partial charge in [0, 0.05) is 36.7 Å². The quantitative estimate of drug-likeness (QED) is 0.918. The number of carbonyl (C=O) groups is 1. The van der Waals surface area contributed by atoms with Crippen LogP contribution in [0.3, 0.4) is 0 Å². The molecule has 1 saturated carbocycles. The Morgan fingerprint density at radius 3 is 3.05 bits per heavy atom. The number of amides is 1. The van der Waals surface area contributed by atoms with Gasteiger partial charge >= 0.3 is 0 Å². The van der Waals surface area contributed by atoms with Gasteiger partial charge in [0.25, 0.3) is 0 Å². The van der Waals surface area contributed by atoms with Gasteiger partial charge in [-0.1, -0.05) is 12.8 Å². The monoisotopic (exact) mass is 290 g/mol. The highest BCUT2D eigenvalue weighted by molar-refractivity contribution is 7.12. The Morgan fingerprint density at radius 1 is 1.45 bits per heavy atom. The zero-order chi connectivity index (χ0) is 13.8. The predicted octanol–water partition coefficient (Wildman–Crippen LogP) is 2.18. The SMILES string of the molecule is O=C(NCCc1csc(-n2cccn2)n1)C1CCCC1. The van der Waals surface area contributed by atoms with Crippen molar-refractivity contribution in [1.29, 1.82) is 0 Å². The van der Waals surface area contributed by atoms with Gasteiger partial charge in [0.2, 0.25) is 11.0 Å². The van der Waals surface area contributed by atoms with Crippen LogP contribution in [0.1, 0.15) is 31.4 Å². The average molecular weight is 290 g/mol. The van der Waals surface area contributed by atoms with Crippen molar-refractivity contribution >= 4 is 17.2 Å². The molecule has 1 amide bonds. The van der Waals surface area contributed by atoms with Crippen molar-refractivity contribution in [1.82, 2.24) is 20.1 Å². The highest BCUT2D eigenvalue weighted by atomic mass is 32.1. The number of thiazole rings is 1. The second-order valence-electron chi connectivity index (χ2n) is 5.09. The minimum Gasteiger partial charge on any atom is -0.355 e. The van der Waals surface area contributed by atoms with Gasteiger partial charge in [-0.25, -0.2) is 9.67 Å². The number of nitrogens with zero attached hydrogens (tertiary/aromatic N) is 3. The summed E-state index contributed by atoms with van der Waals surface area (Å²) in [5, 5.41) is 10.1. The van der Waals surface area contributed by atoms with Gasteiger partial charge in [0.05, 0.1) is 5.69 Å². The third kappa shape index (κ3) is 3.07. The molecule has 0 spiro atoms. The van der Waals surface area contributed by atoms with Crippen molar-refractivity contribution in [3.8, 4) is 5.13 Å². The summed E-state index contributed by atoms with van der Waals surface area (Å²) in [6.45, 7) is 0.664. The lowest BCUT2D eigenvalue weighted by molar-refractivity contribution is -0.124. The summed E-state index contributed by atoms with van der Waals surface area (Å²) in [6.07, 6.45) is 8.87. The van der Waals surface area contributed by atoms with Gasteiger partial charge in [-0.3, -0.25) is 4.79 Å². The molecule has 0 bridgehead atoms. The zero-order valence-electron chi connectivity index (χ0n) is 11.3. The number of rotatable bonds is 5. The van der Waals surface area contributed by atoms with E-state index in [2.05, 4.69) is 15.4 Å². The maximum Gasteiger partial charge on any atom is 0.223 e.